The Morgan fingerprint density at radius 2 is 1.17 bits per heavy atom. The van der Waals surface area contributed by atoms with E-state index >= 15 is 0 Å². The van der Waals surface area contributed by atoms with Crippen LogP contribution in [0, 0.1) is 5.41 Å². The van der Waals surface area contributed by atoms with Crippen molar-refractivity contribution < 1.29 is 44.5 Å². The van der Waals surface area contributed by atoms with E-state index in [-0.39, 0.29) is 18.9 Å². The number of hydrogen-bond donors (Lipinski definition) is 16. The molecule has 15 atom stereocenters. The van der Waals surface area contributed by atoms with Gasteiger partial charge in [-0.25, -0.2) is 20.0 Å². The molecule has 268 valence electrons. The molecule has 3 fully saturated rings. The molecule has 25 N–H and O–H groups in total. The summed E-state index contributed by atoms with van der Waals surface area (Å²) in [4.78, 5) is 16.1. The van der Waals surface area contributed by atoms with Crippen molar-refractivity contribution in [3.05, 3.63) is 0 Å². The first-order valence-corrected chi connectivity index (χ1v) is 14.4. The first-order valence-electron chi connectivity index (χ1n) is 14.4. The van der Waals surface area contributed by atoms with Crippen LogP contribution in [0.15, 0.2) is 20.0 Å². The van der Waals surface area contributed by atoms with Gasteiger partial charge in [0.25, 0.3) is 0 Å². The Morgan fingerprint density at radius 1 is 0.660 bits per heavy atom. The van der Waals surface area contributed by atoms with E-state index in [0.29, 0.717) is 0 Å². The third-order valence-corrected chi connectivity index (χ3v) is 7.70. The van der Waals surface area contributed by atoms with E-state index in [4.69, 9.17) is 76.0 Å². The third kappa shape index (κ3) is 9.30. The molecule has 0 radical (unpaired) electrons. The molecule has 0 aromatic carbocycles. The van der Waals surface area contributed by atoms with Crippen LogP contribution >= 0.6 is 0 Å². The Labute approximate surface area is 268 Å². The predicted molar refractivity (Wildman–Crippen MR) is 166 cm³/mol. The van der Waals surface area contributed by atoms with E-state index in [0.717, 1.165) is 0 Å². The fourth-order valence-electron chi connectivity index (χ4n) is 5.62. The molecule has 1 saturated carbocycles. The molecular formula is C23H47N15O9. The molecule has 3 aliphatic rings. The van der Waals surface area contributed by atoms with Crippen molar-refractivity contribution in [3.8, 4) is 0 Å². The van der Waals surface area contributed by atoms with Crippen LogP contribution in [0.2, 0.25) is 0 Å². The summed E-state index contributed by atoms with van der Waals surface area (Å²) in [6.45, 7) is 1.25. The van der Waals surface area contributed by atoms with Gasteiger partial charge in [0.05, 0.1) is 18.2 Å². The quantitative estimate of drug-likeness (QED) is 0.0753. The third-order valence-electron chi connectivity index (χ3n) is 7.70. The number of nitrogens with one attached hydrogen (secondary N) is 2. The Kier molecular flexibility index (Phi) is 12.5. The van der Waals surface area contributed by atoms with Gasteiger partial charge in [0, 0.05) is 6.54 Å². The first-order chi connectivity index (χ1) is 21.9. The molecule has 0 aromatic heterocycles. The lowest BCUT2D eigenvalue weighted by Crippen LogP contribution is -2.66. The lowest BCUT2D eigenvalue weighted by molar-refractivity contribution is -0.328. The highest BCUT2D eigenvalue weighted by molar-refractivity contribution is 5.77. The number of nitrogens with two attached hydrogens (primary N) is 9. The van der Waals surface area contributed by atoms with Crippen LogP contribution in [0.1, 0.15) is 13.3 Å². The minimum absolute atomic E-state index is 0.138. The topological polar surface area (TPSA) is 458 Å². The molecule has 0 bridgehead atoms. The highest BCUT2D eigenvalue weighted by Gasteiger charge is 2.54. The summed E-state index contributed by atoms with van der Waals surface area (Å²) in [5, 5.41) is 64.9. The normalized spacial score (nSPS) is 40.3. The molecule has 0 amide bonds. The zero-order valence-corrected chi connectivity index (χ0v) is 25.4. The molecule has 1 aliphatic carbocycles. The smallest absolute Gasteiger partial charge is 0.187 e. The van der Waals surface area contributed by atoms with Gasteiger partial charge in [-0.05, 0) is 13.3 Å². The molecular weight excluding hydrogens is 630 g/mol. The van der Waals surface area contributed by atoms with E-state index < -0.39 is 116 Å². The summed E-state index contributed by atoms with van der Waals surface area (Å²) >= 11 is 0. The minimum atomic E-state index is -1.77. The molecule has 2 saturated heterocycles. The van der Waals surface area contributed by atoms with Crippen LogP contribution < -0.4 is 56.9 Å². The SMILES string of the molecule is C[C@H]1O[C@@H](O[C@H]2[C@H](O)[C@@H](N=C(N)N)C[C@@H](N=C(N)N)[C@@H]2O[C@H]2O[C@H](CNC(=N)N)[C@@H](O)[C@H](O)[C@H]2N=C(N)N)[C@H](O)[C@@H](O)[C@@H]1N=C(N)N. The summed E-state index contributed by atoms with van der Waals surface area (Å²) in [5.74, 6) is -2.12. The first kappa shape index (κ1) is 37.4. The number of rotatable bonds is 10. The Bertz CT molecular complexity index is 1190. The van der Waals surface area contributed by atoms with E-state index in [1.807, 2.05) is 0 Å². The molecule has 2 heterocycles. The molecule has 24 heteroatoms. The highest BCUT2D eigenvalue weighted by Crippen LogP contribution is 2.36. The average Bonchev–Trinajstić information content (AvgIpc) is 2.95. The summed E-state index contributed by atoms with van der Waals surface area (Å²) < 4.78 is 24.0. The number of aliphatic hydroxyl groups excluding tert-OH is 5. The Morgan fingerprint density at radius 3 is 1.72 bits per heavy atom. The Balaban J connectivity index is 2.07. The van der Waals surface area contributed by atoms with Gasteiger partial charge in [-0.1, -0.05) is 0 Å². The van der Waals surface area contributed by atoms with Crippen molar-refractivity contribution in [1.82, 2.24) is 5.32 Å². The second kappa shape index (κ2) is 15.7. The van der Waals surface area contributed by atoms with Gasteiger partial charge in [-0.15, -0.1) is 0 Å². The summed E-state index contributed by atoms with van der Waals surface area (Å²) in [5.41, 5.74) is 50.1. The van der Waals surface area contributed by atoms with Crippen molar-refractivity contribution in [2.75, 3.05) is 6.54 Å². The maximum atomic E-state index is 11.5. The second-order valence-electron chi connectivity index (χ2n) is 11.3. The summed E-state index contributed by atoms with van der Waals surface area (Å²) in [6.07, 6.45) is -16.8. The molecule has 2 aliphatic heterocycles. The van der Waals surface area contributed by atoms with Gasteiger partial charge < -0.3 is 101 Å². The fraction of sp³-hybridized carbons (Fsp3) is 0.783. The molecule has 3 rings (SSSR count). The summed E-state index contributed by atoms with van der Waals surface area (Å²) in [7, 11) is 0. The van der Waals surface area contributed by atoms with Crippen LogP contribution in [0.3, 0.4) is 0 Å². The lowest BCUT2D eigenvalue weighted by Gasteiger charge is -2.48. The number of ether oxygens (including phenoxy) is 4. The summed E-state index contributed by atoms with van der Waals surface area (Å²) in [6, 6.07) is -4.75. The van der Waals surface area contributed by atoms with Gasteiger partial charge in [-0.3, -0.25) is 5.41 Å². The van der Waals surface area contributed by atoms with E-state index in [9.17, 15) is 25.5 Å². The molecule has 0 unspecified atom stereocenters. The van der Waals surface area contributed by atoms with Gasteiger partial charge in [0.15, 0.2) is 42.4 Å². The van der Waals surface area contributed by atoms with E-state index in [2.05, 4.69) is 25.3 Å². The van der Waals surface area contributed by atoms with Crippen molar-refractivity contribution in [2.45, 2.75) is 105 Å². The molecule has 24 nitrogen and oxygen atoms in total. The Hall–Kier alpha value is -4.01. The van der Waals surface area contributed by atoms with Gasteiger partial charge in [0.1, 0.15) is 60.9 Å². The lowest BCUT2D eigenvalue weighted by atomic mass is 9.83. The average molecular weight is 678 g/mol. The fourth-order valence-corrected chi connectivity index (χ4v) is 5.62. The van der Waals surface area contributed by atoms with Crippen molar-refractivity contribution >= 4 is 29.8 Å². The highest BCUT2D eigenvalue weighted by atomic mass is 16.7. The maximum Gasteiger partial charge on any atom is 0.187 e. The van der Waals surface area contributed by atoms with Crippen LogP contribution in [-0.4, -0.2) is 154 Å². The maximum absolute atomic E-state index is 11.5. The van der Waals surface area contributed by atoms with Crippen LogP contribution in [0.25, 0.3) is 0 Å². The minimum Gasteiger partial charge on any atom is -0.388 e. The number of aliphatic imine (C=N–C) groups is 4. The number of guanidine groups is 5. The number of hydrogen-bond acceptors (Lipinski definition) is 14. The molecule has 0 spiro atoms. The van der Waals surface area contributed by atoms with Crippen molar-refractivity contribution in [3.63, 3.8) is 0 Å². The van der Waals surface area contributed by atoms with Gasteiger partial charge >= 0.3 is 0 Å². The van der Waals surface area contributed by atoms with Gasteiger partial charge in [0.2, 0.25) is 0 Å². The van der Waals surface area contributed by atoms with Crippen LogP contribution in [0.5, 0.6) is 0 Å². The van der Waals surface area contributed by atoms with Crippen LogP contribution in [-0.2, 0) is 18.9 Å². The standard InChI is InChI=1S/C23H47N15O9/c1-4-8(37-22(30)31)12(41)14(43)18(44-4)47-16-10(39)5(35-20(26)27)2-6(36-21(28)29)15(16)46-17-9(38-23(32)33)13(42)11(40)7(45-17)3-34-19(24)25/h4-18,39-43H,2-3H2,1H3,(H4,24,25,34)(H4,26,27,35)(H4,28,29,36)(H4,30,31,37)(H4,32,33,38)/t4-,5+,6-,7-,8-,9-,10-,11-,12+,13-,14-,15+,16+,17-,18+/m1/s1. The molecule has 47 heavy (non-hydrogen) atoms. The largest absolute Gasteiger partial charge is 0.388 e. The van der Waals surface area contributed by atoms with Crippen molar-refractivity contribution in [1.29, 1.82) is 5.41 Å². The zero-order valence-electron chi connectivity index (χ0n) is 25.4. The van der Waals surface area contributed by atoms with Crippen molar-refractivity contribution in [2.24, 2.45) is 71.6 Å². The van der Waals surface area contributed by atoms with E-state index in [1.165, 1.54) is 6.92 Å². The zero-order chi connectivity index (χ0) is 35.3. The second-order valence-corrected chi connectivity index (χ2v) is 11.3. The predicted octanol–water partition coefficient (Wildman–Crippen LogP) is -9.51. The molecule has 0 aromatic rings. The monoisotopic (exact) mass is 677 g/mol. The number of nitrogens with zero attached hydrogens (tertiary/aromatic N) is 4. The number of aliphatic hydroxyl groups is 5. The van der Waals surface area contributed by atoms with Gasteiger partial charge in [-0.2, -0.15) is 0 Å². The van der Waals surface area contributed by atoms with Crippen LogP contribution in [0.4, 0.5) is 0 Å². The van der Waals surface area contributed by atoms with E-state index in [1.54, 1.807) is 0 Å².